The van der Waals surface area contributed by atoms with Gasteiger partial charge < -0.3 is 14.2 Å². The molecule has 0 saturated heterocycles. The van der Waals surface area contributed by atoms with Crippen LogP contribution in [0, 0.1) is 0 Å². The Labute approximate surface area is 192 Å². The summed E-state index contributed by atoms with van der Waals surface area (Å²) in [6, 6.07) is 22.1. The third kappa shape index (κ3) is 5.71. The average molecular weight is 435 g/mol. The molecule has 6 heteroatoms. The van der Waals surface area contributed by atoms with Gasteiger partial charge in [-0.25, -0.2) is 0 Å². The van der Waals surface area contributed by atoms with Gasteiger partial charge in [-0.15, -0.1) is 15.0 Å². The molecule has 162 valence electrons. The maximum atomic E-state index is 5.82. The SMILES string of the molecule is C=Cc1ccc(Oc2nc(Oc3ccc(C=C)cc3)nc(Oc3ccc(C=C)cc3)n2)cc1. The molecule has 0 aliphatic carbocycles. The first kappa shape index (κ1) is 21.5. The van der Waals surface area contributed by atoms with Crippen molar-refractivity contribution >= 4 is 18.2 Å². The normalized spacial score (nSPS) is 10.2. The zero-order valence-electron chi connectivity index (χ0n) is 17.8. The minimum atomic E-state index is 0.0341. The lowest BCUT2D eigenvalue weighted by Crippen LogP contribution is -2.01. The third-order valence-electron chi connectivity index (χ3n) is 4.55. The van der Waals surface area contributed by atoms with Crippen molar-refractivity contribution in [2.75, 3.05) is 0 Å². The van der Waals surface area contributed by atoms with E-state index in [9.17, 15) is 0 Å². The van der Waals surface area contributed by atoms with Crippen LogP contribution in [0.4, 0.5) is 0 Å². The molecule has 0 radical (unpaired) electrons. The summed E-state index contributed by atoms with van der Waals surface area (Å²) < 4.78 is 17.5. The minimum Gasteiger partial charge on any atom is -0.424 e. The number of rotatable bonds is 9. The molecule has 0 atom stereocenters. The molecule has 0 aliphatic heterocycles. The van der Waals surface area contributed by atoms with Crippen molar-refractivity contribution in [3.8, 4) is 35.3 Å². The fourth-order valence-corrected chi connectivity index (χ4v) is 2.79. The second-order valence-electron chi connectivity index (χ2n) is 6.81. The molecule has 0 saturated carbocycles. The summed E-state index contributed by atoms with van der Waals surface area (Å²) in [5, 5.41) is 0. The van der Waals surface area contributed by atoms with Crippen LogP contribution in [0.25, 0.3) is 18.2 Å². The molecule has 0 N–H and O–H groups in total. The standard InChI is InChI=1S/C27H21N3O3/c1-4-19-7-13-22(14-8-19)31-25-28-26(32-23-15-9-20(5-2)10-16-23)30-27(29-25)33-24-17-11-21(6-3)12-18-24/h4-18H,1-3H2. The van der Waals surface area contributed by atoms with Crippen LogP contribution in [0.2, 0.25) is 0 Å². The smallest absolute Gasteiger partial charge is 0.331 e. The molecule has 3 aromatic carbocycles. The van der Waals surface area contributed by atoms with Crippen LogP contribution < -0.4 is 14.2 Å². The van der Waals surface area contributed by atoms with E-state index in [4.69, 9.17) is 14.2 Å². The van der Waals surface area contributed by atoms with E-state index < -0.39 is 0 Å². The lowest BCUT2D eigenvalue weighted by Gasteiger charge is -2.10. The number of ether oxygens (including phenoxy) is 3. The zero-order chi connectivity index (χ0) is 23.0. The first-order chi connectivity index (χ1) is 16.1. The van der Waals surface area contributed by atoms with Crippen molar-refractivity contribution in [2.45, 2.75) is 0 Å². The van der Waals surface area contributed by atoms with E-state index in [0.717, 1.165) is 16.7 Å². The summed E-state index contributed by atoms with van der Waals surface area (Å²) in [5.41, 5.74) is 2.91. The highest BCUT2D eigenvalue weighted by atomic mass is 16.5. The monoisotopic (exact) mass is 435 g/mol. The highest BCUT2D eigenvalue weighted by Crippen LogP contribution is 2.27. The maximum Gasteiger partial charge on any atom is 0.331 e. The number of benzene rings is 3. The van der Waals surface area contributed by atoms with Gasteiger partial charge in [-0.1, -0.05) is 74.4 Å². The van der Waals surface area contributed by atoms with Crippen LogP contribution in [0.5, 0.6) is 35.3 Å². The molecule has 6 nitrogen and oxygen atoms in total. The summed E-state index contributed by atoms with van der Waals surface area (Å²) in [6.07, 6.45) is 5.25. The van der Waals surface area contributed by atoms with Crippen LogP contribution in [-0.4, -0.2) is 15.0 Å². The topological polar surface area (TPSA) is 66.4 Å². The van der Waals surface area contributed by atoms with E-state index in [1.807, 2.05) is 36.4 Å². The van der Waals surface area contributed by atoms with Gasteiger partial charge in [0, 0.05) is 0 Å². The van der Waals surface area contributed by atoms with Crippen molar-refractivity contribution in [1.29, 1.82) is 0 Å². The van der Waals surface area contributed by atoms with Crippen LogP contribution >= 0.6 is 0 Å². The van der Waals surface area contributed by atoms with Crippen molar-refractivity contribution in [3.05, 3.63) is 109 Å². The Morgan fingerprint density at radius 1 is 0.424 bits per heavy atom. The molecule has 0 bridgehead atoms. The first-order valence-corrected chi connectivity index (χ1v) is 10.1. The van der Waals surface area contributed by atoms with Crippen LogP contribution in [-0.2, 0) is 0 Å². The van der Waals surface area contributed by atoms with Gasteiger partial charge in [-0.2, -0.15) is 0 Å². The van der Waals surface area contributed by atoms with Crippen LogP contribution in [0.15, 0.2) is 92.5 Å². The van der Waals surface area contributed by atoms with Gasteiger partial charge in [0.05, 0.1) is 0 Å². The Bertz CT molecular complexity index is 1090. The van der Waals surface area contributed by atoms with Gasteiger partial charge in [0.1, 0.15) is 17.2 Å². The molecule has 0 amide bonds. The third-order valence-corrected chi connectivity index (χ3v) is 4.55. The van der Waals surface area contributed by atoms with Crippen molar-refractivity contribution in [3.63, 3.8) is 0 Å². The van der Waals surface area contributed by atoms with E-state index in [2.05, 4.69) is 34.7 Å². The van der Waals surface area contributed by atoms with Crippen molar-refractivity contribution in [2.24, 2.45) is 0 Å². The fourth-order valence-electron chi connectivity index (χ4n) is 2.79. The van der Waals surface area contributed by atoms with E-state index in [-0.39, 0.29) is 18.0 Å². The van der Waals surface area contributed by atoms with Gasteiger partial charge in [-0.3, -0.25) is 0 Å². The van der Waals surface area contributed by atoms with Gasteiger partial charge in [0.15, 0.2) is 0 Å². The summed E-state index contributed by atoms with van der Waals surface area (Å²) >= 11 is 0. The molecule has 4 rings (SSSR count). The Hall–Kier alpha value is -4.71. The lowest BCUT2D eigenvalue weighted by atomic mass is 10.2. The Morgan fingerprint density at radius 2 is 0.667 bits per heavy atom. The number of aromatic nitrogens is 3. The second-order valence-corrected chi connectivity index (χ2v) is 6.81. The zero-order valence-corrected chi connectivity index (χ0v) is 17.8. The molecule has 0 aliphatic rings. The molecule has 0 unspecified atom stereocenters. The average Bonchev–Trinajstić information content (AvgIpc) is 2.85. The molecule has 1 heterocycles. The van der Waals surface area contributed by atoms with E-state index in [1.165, 1.54) is 0 Å². The predicted molar refractivity (Wildman–Crippen MR) is 130 cm³/mol. The molecule has 0 fully saturated rings. The summed E-state index contributed by atoms with van der Waals surface area (Å²) in [4.78, 5) is 12.8. The number of nitrogens with zero attached hydrogens (tertiary/aromatic N) is 3. The van der Waals surface area contributed by atoms with Crippen LogP contribution in [0.3, 0.4) is 0 Å². The van der Waals surface area contributed by atoms with Crippen LogP contribution in [0.1, 0.15) is 16.7 Å². The van der Waals surface area contributed by atoms with Gasteiger partial charge >= 0.3 is 18.0 Å². The van der Waals surface area contributed by atoms with Gasteiger partial charge in [-0.05, 0) is 53.1 Å². The Kier molecular flexibility index (Phi) is 6.56. The molecule has 0 spiro atoms. The molecule has 1 aromatic heterocycles. The highest BCUT2D eigenvalue weighted by molar-refractivity contribution is 5.50. The first-order valence-electron chi connectivity index (χ1n) is 10.1. The summed E-state index contributed by atoms with van der Waals surface area (Å²) in [5.74, 6) is 1.65. The minimum absolute atomic E-state index is 0.0341. The van der Waals surface area contributed by atoms with E-state index in [0.29, 0.717) is 17.2 Å². The molecule has 4 aromatic rings. The Morgan fingerprint density at radius 3 is 0.879 bits per heavy atom. The second kappa shape index (κ2) is 10.1. The number of hydrogen-bond acceptors (Lipinski definition) is 6. The Balaban J connectivity index is 1.63. The van der Waals surface area contributed by atoms with E-state index >= 15 is 0 Å². The van der Waals surface area contributed by atoms with Crippen molar-refractivity contribution < 1.29 is 14.2 Å². The van der Waals surface area contributed by atoms with Gasteiger partial charge in [0.25, 0.3) is 0 Å². The predicted octanol–water partition coefficient (Wildman–Crippen LogP) is 7.18. The van der Waals surface area contributed by atoms with Gasteiger partial charge in [0.2, 0.25) is 0 Å². The highest BCUT2D eigenvalue weighted by Gasteiger charge is 2.13. The number of hydrogen-bond donors (Lipinski definition) is 0. The lowest BCUT2D eigenvalue weighted by molar-refractivity contribution is 0.362. The summed E-state index contributed by atoms with van der Waals surface area (Å²) in [6.45, 7) is 11.3. The maximum absolute atomic E-state index is 5.82. The molecular formula is C27H21N3O3. The largest absolute Gasteiger partial charge is 0.424 e. The van der Waals surface area contributed by atoms with E-state index in [1.54, 1.807) is 54.6 Å². The summed E-state index contributed by atoms with van der Waals surface area (Å²) in [7, 11) is 0. The van der Waals surface area contributed by atoms with Crippen molar-refractivity contribution in [1.82, 2.24) is 15.0 Å². The molecule has 33 heavy (non-hydrogen) atoms. The quantitative estimate of drug-likeness (QED) is 0.277. The molecular weight excluding hydrogens is 414 g/mol. The fraction of sp³-hybridized carbons (Fsp3) is 0.